The standard InChI is InChI=1S/C13H11ClN4/c14-10-3-1-2-9(4-10)12-6-16-8-18-7-11(5-15)17-13(12)18/h1-4,6-8H,5,15H2. The second-order valence-corrected chi connectivity index (χ2v) is 4.42. The minimum atomic E-state index is 0.413. The van der Waals surface area contributed by atoms with Crippen LogP contribution < -0.4 is 5.73 Å². The Balaban J connectivity index is 2.25. The van der Waals surface area contributed by atoms with E-state index in [0.29, 0.717) is 11.6 Å². The average molecular weight is 259 g/mol. The third-order valence-electron chi connectivity index (χ3n) is 2.76. The highest BCUT2D eigenvalue weighted by molar-refractivity contribution is 6.30. The summed E-state index contributed by atoms with van der Waals surface area (Å²) in [6, 6.07) is 7.64. The summed E-state index contributed by atoms with van der Waals surface area (Å²) in [7, 11) is 0. The molecule has 0 amide bonds. The molecule has 0 radical (unpaired) electrons. The molecule has 0 aliphatic rings. The minimum absolute atomic E-state index is 0.413. The fraction of sp³-hybridized carbons (Fsp3) is 0.0769. The maximum absolute atomic E-state index is 6.01. The summed E-state index contributed by atoms with van der Waals surface area (Å²) in [6.45, 7) is 0.413. The van der Waals surface area contributed by atoms with E-state index >= 15 is 0 Å². The first kappa shape index (κ1) is 11.2. The van der Waals surface area contributed by atoms with E-state index < -0.39 is 0 Å². The molecule has 3 rings (SSSR count). The number of imidazole rings is 1. The van der Waals surface area contributed by atoms with E-state index in [1.807, 2.05) is 34.9 Å². The van der Waals surface area contributed by atoms with E-state index in [-0.39, 0.29) is 0 Å². The summed E-state index contributed by atoms with van der Waals surface area (Å²) in [5, 5.41) is 0.695. The molecule has 0 atom stereocenters. The van der Waals surface area contributed by atoms with Crippen LogP contribution in [-0.4, -0.2) is 14.4 Å². The lowest BCUT2D eigenvalue weighted by Gasteiger charge is -2.03. The van der Waals surface area contributed by atoms with Gasteiger partial charge in [0.05, 0.1) is 5.69 Å². The van der Waals surface area contributed by atoms with Crippen LogP contribution in [0.15, 0.2) is 43.0 Å². The normalized spacial score (nSPS) is 11.0. The lowest BCUT2D eigenvalue weighted by molar-refractivity contribution is 1.01. The summed E-state index contributed by atoms with van der Waals surface area (Å²) in [5.74, 6) is 0. The van der Waals surface area contributed by atoms with Crippen molar-refractivity contribution in [1.29, 1.82) is 0 Å². The van der Waals surface area contributed by atoms with Crippen molar-refractivity contribution >= 4 is 17.2 Å². The maximum atomic E-state index is 6.01. The third-order valence-corrected chi connectivity index (χ3v) is 3.00. The fourth-order valence-corrected chi connectivity index (χ4v) is 2.12. The molecule has 2 heterocycles. The van der Waals surface area contributed by atoms with E-state index in [9.17, 15) is 0 Å². The number of halogens is 1. The van der Waals surface area contributed by atoms with Crippen LogP contribution in [0.3, 0.4) is 0 Å². The smallest absolute Gasteiger partial charge is 0.147 e. The molecule has 90 valence electrons. The van der Waals surface area contributed by atoms with Crippen molar-refractivity contribution in [3.05, 3.63) is 53.7 Å². The average Bonchev–Trinajstić information content (AvgIpc) is 2.81. The van der Waals surface area contributed by atoms with Crippen molar-refractivity contribution in [1.82, 2.24) is 14.4 Å². The Bertz CT molecular complexity index is 705. The highest BCUT2D eigenvalue weighted by atomic mass is 35.5. The van der Waals surface area contributed by atoms with Crippen molar-refractivity contribution in [2.24, 2.45) is 5.73 Å². The predicted molar refractivity (Wildman–Crippen MR) is 71.3 cm³/mol. The Kier molecular flexibility index (Phi) is 2.74. The van der Waals surface area contributed by atoms with Gasteiger partial charge in [-0.2, -0.15) is 0 Å². The highest BCUT2D eigenvalue weighted by Gasteiger charge is 2.08. The maximum Gasteiger partial charge on any atom is 0.147 e. The molecule has 2 N–H and O–H groups in total. The van der Waals surface area contributed by atoms with Gasteiger partial charge in [0.25, 0.3) is 0 Å². The summed E-state index contributed by atoms with van der Waals surface area (Å²) >= 11 is 6.01. The largest absolute Gasteiger partial charge is 0.325 e. The van der Waals surface area contributed by atoms with Crippen molar-refractivity contribution in [2.75, 3.05) is 0 Å². The number of aromatic nitrogens is 3. The molecule has 0 bridgehead atoms. The lowest BCUT2D eigenvalue weighted by atomic mass is 10.1. The van der Waals surface area contributed by atoms with Crippen LogP contribution in [0, 0.1) is 0 Å². The Morgan fingerprint density at radius 3 is 3.00 bits per heavy atom. The molecule has 0 aliphatic carbocycles. The molecular formula is C13H11ClN4. The van der Waals surface area contributed by atoms with E-state index in [0.717, 1.165) is 22.5 Å². The zero-order chi connectivity index (χ0) is 12.5. The fourth-order valence-electron chi connectivity index (χ4n) is 1.93. The van der Waals surface area contributed by atoms with E-state index in [4.69, 9.17) is 17.3 Å². The topological polar surface area (TPSA) is 56.2 Å². The Morgan fingerprint density at radius 2 is 2.22 bits per heavy atom. The lowest BCUT2D eigenvalue weighted by Crippen LogP contribution is -1.95. The third kappa shape index (κ3) is 1.85. The van der Waals surface area contributed by atoms with Crippen LogP contribution in [0.5, 0.6) is 0 Å². The summed E-state index contributed by atoms with van der Waals surface area (Å²) in [5.41, 5.74) is 9.23. The molecular weight excluding hydrogens is 248 g/mol. The molecule has 0 unspecified atom stereocenters. The SMILES string of the molecule is NCc1cn2cncc(-c3cccc(Cl)c3)c2n1. The first-order chi connectivity index (χ1) is 8.78. The molecule has 0 aliphatic heterocycles. The first-order valence-corrected chi connectivity index (χ1v) is 5.93. The van der Waals surface area contributed by atoms with Crippen LogP contribution in [0.1, 0.15) is 5.69 Å². The number of nitrogens with two attached hydrogens (primary N) is 1. The molecule has 2 aromatic heterocycles. The van der Waals surface area contributed by atoms with E-state index in [2.05, 4.69) is 9.97 Å². The second-order valence-electron chi connectivity index (χ2n) is 3.98. The van der Waals surface area contributed by atoms with Crippen molar-refractivity contribution in [3.8, 4) is 11.1 Å². The molecule has 5 heteroatoms. The highest BCUT2D eigenvalue weighted by Crippen LogP contribution is 2.25. The van der Waals surface area contributed by atoms with Crippen LogP contribution in [-0.2, 0) is 6.54 Å². The number of rotatable bonds is 2. The number of hydrogen-bond donors (Lipinski definition) is 1. The number of benzene rings is 1. The summed E-state index contributed by atoms with van der Waals surface area (Å²) in [4.78, 5) is 8.70. The number of fused-ring (bicyclic) bond motifs is 1. The zero-order valence-electron chi connectivity index (χ0n) is 9.55. The van der Waals surface area contributed by atoms with Gasteiger partial charge in [0.2, 0.25) is 0 Å². The van der Waals surface area contributed by atoms with Gasteiger partial charge in [-0.1, -0.05) is 23.7 Å². The second kappa shape index (κ2) is 4.40. The van der Waals surface area contributed by atoms with Crippen molar-refractivity contribution in [2.45, 2.75) is 6.54 Å². The molecule has 18 heavy (non-hydrogen) atoms. The Morgan fingerprint density at radius 1 is 1.33 bits per heavy atom. The molecule has 0 spiro atoms. The van der Waals surface area contributed by atoms with Gasteiger partial charge >= 0.3 is 0 Å². The van der Waals surface area contributed by atoms with Gasteiger partial charge in [-0.3, -0.25) is 4.40 Å². The van der Waals surface area contributed by atoms with E-state index in [1.54, 1.807) is 12.5 Å². The van der Waals surface area contributed by atoms with Gasteiger partial charge in [-0.05, 0) is 17.7 Å². The van der Waals surface area contributed by atoms with Crippen LogP contribution >= 0.6 is 11.6 Å². The van der Waals surface area contributed by atoms with E-state index in [1.165, 1.54) is 0 Å². The van der Waals surface area contributed by atoms with Crippen LogP contribution in [0.25, 0.3) is 16.8 Å². The molecule has 0 saturated carbocycles. The molecule has 4 nitrogen and oxygen atoms in total. The molecule has 3 aromatic rings. The van der Waals surface area contributed by atoms with Crippen LogP contribution in [0.2, 0.25) is 5.02 Å². The summed E-state index contributed by atoms with van der Waals surface area (Å²) < 4.78 is 1.87. The molecule has 1 aromatic carbocycles. The predicted octanol–water partition coefficient (Wildman–Crippen LogP) is 2.51. The summed E-state index contributed by atoms with van der Waals surface area (Å²) in [6.07, 6.45) is 5.39. The zero-order valence-corrected chi connectivity index (χ0v) is 10.3. The monoisotopic (exact) mass is 258 g/mol. The van der Waals surface area contributed by atoms with Gasteiger partial charge in [0.1, 0.15) is 12.0 Å². The first-order valence-electron chi connectivity index (χ1n) is 5.55. The van der Waals surface area contributed by atoms with Gasteiger partial charge in [-0.25, -0.2) is 9.97 Å². The van der Waals surface area contributed by atoms with Gasteiger partial charge in [-0.15, -0.1) is 0 Å². The van der Waals surface area contributed by atoms with Crippen molar-refractivity contribution < 1.29 is 0 Å². The van der Waals surface area contributed by atoms with Crippen LogP contribution in [0.4, 0.5) is 0 Å². The van der Waals surface area contributed by atoms with Crippen molar-refractivity contribution in [3.63, 3.8) is 0 Å². The van der Waals surface area contributed by atoms with Gasteiger partial charge in [0, 0.05) is 29.5 Å². The Hall–Kier alpha value is -1.91. The number of nitrogens with zero attached hydrogens (tertiary/aromatic N) is 3. The molecule has 0 saturated heterocycles. The number of hydrogen-bond acceptors (Lipinski definition) is 3. The Labute approximate surface area is 109 Å². The van der Waals surface area contributed by atoms with Gasteiger partial charge in [0.15, 0.2) is 0 Å². The molecule has 0 fully saturated rings. The quantitative estimate of drug-likeness (QED) is 0.768. The minimum Gasteiger partial charge on any atom is -0.325 e. The van der Waals surface area contributed by atoms with Gasteiger partial charge < -0.3 is 5.73 Å².